The number of amides is 1. The number of hydrogen-bond acceptors (Lipinski definition) is 3. The number of nitrogens with zero attached hydrogens (tertiary/aromatic N) is 1. The van der Waals surface area contributed by atoms with Gasteiger partial charge in [0.1, 0.15) is 6.04 Å². The van der Waals surface area contributed by atoms with Gasteiger partial charge >= 0.3 is 5.97 Å². The highest BCUT2D eigenvalue weighted by Crippen LogP contribution is 2.27. The first kappa shape index (κ1) is 15.5. The summed E-state index contributed by atoms with van der Waals surface area (Å²) in [6, 6.07) is 6.63. The predicted molar refractivity (Wildman–Crippen MR) is 79.8 cm³/mol. The summed E-state index contributed by atoms with van der Waals surface area (Å²) in [5, 5.41) is 9.41. The van der Waals surface area contributed by atoms with Gasteiger partial charge in [0.2, 0.25) is 5.91 Å². The summed E-state index contributed by atoms with van der Waals surface area (Å²) in [6.45, 7) is 3.50. The number of carboxylic acids is 1. The van der Waals surface area contributed by atoms with E-state index in [4.69, 9.17) is 5.73 Å². The highest BCUT2D eigenvalue weighted by molar-refractivity contribution is 5.92. The third-order valence-electron chi connectivity index (χ3n) is 4.31. The van der Waals surface area contributed by atoms with E-state index in [1.165, 1.54) is 0 Å². The normalized spacial score (nSPS) is 22.9. The Bertz CT molecular complexity index is 513. The van der Waals surface area contributed by atoms with Crippen LogP contribution < -0.4 is 5.73 Å². The van der Waals surface area contributed by atoms with E-state index in [0.29, 0.717) is 24.4 Å². The molecule has 0 saturated carbocycles. The number of carbonyl (C=O) groups excluding carboxylic acids is 1. The van der Waals surface area contributed by atoms with E-state index < -0.39 is 17.9 Å². The summed E-state index contributed by atoms with van der Waals surface area (Å²) in [6.07, 6.45) is 2.79. The average Bonchev–Trinajstić information content (AvgIpc) is 2.48. The molecule has 0 spiro atoms. The van der Waals surface area contributed by atoms with Gasteiger partial charge in [-0.2, -0.15) is 0 Å². The molecular weight excluding hydrogens is 268 g/mol. The lowest BCUT2D eigenvalue weighted by molar-refractivity contribution is -0.145. The number of primary amides is 1. The largest absolute Gasteiger partial charge is 0.480 e. The van der Waals surface area contributed by atoms with Gasteiger partial charge in [-0.3, -0.25) is 14.5 Å². The fourth-order valence-electron chi connectivity index (χ4n) is 2.91. The molecule has 1 heterocycles. The van der Waals surface area contributed by atoms with Crippen LogP contribution in [-0.2, 0) is 11.3 Å². The topological polar surface area (TPSA) is 83.6 Å². The lowest BCUT2D eigenvalue weighted by Crippen LogP contribution is -2.46. The zero-order chi connectivity index (χ0) is 15.4. The van der Waals surface area contributed by atoms with Crippen LogP contribution in [-0.4, -0.2) is 34.5 Å². The van der Waals surface area contributed by atoms with Gasteiger partial charge in [-0.05, 0) is 43.0 Å². The van der Waals surface area contributed by atoms with Gasteiger partial charge < -0.3 is 10.8 Å². The second kappa shape index (κ2) is 6.72. The monoisotopic (exact) mass is 290 g/mol. The molecule has 1 amide bonds. The Balaban J connectivity index is 2.06. The minimum absolute atomic E-state index is 0.417. The standard InChI is InChI=1S/C16H22N2O3/c1-2-11-7-8-18(14(9-11)16(20)21)10-12-3-5-13(6-4-12)15(17)19/h3-6,11,14H,2,7-10H2,1H3,(H2,17,19)(H,20,21). The fraction of sp³-hybridized carbons (Fsp3) is 0.500. The van der Waals surface area contributed by atoms with E-state index in [0.717, 1.165) is 24.9 Å². The van der Waals surface area contributed by atoms with Crippen LogP contribution in [0.5, 0.6) is 0 Å². The molecule has 114 valence electrons. The smallest absolute Gasteiger partial charge is 0.320 e. The Kier molecular flexibility index (Phi) is 4.96. The molecule has 21 heavy (non-hydrogen) atoms. The molecule has 0 aromatic heterocycles. The molecular formula is C16H22N2O3. The summed E-state index contributed by atoms with van der Waals surface area (Å²) >= 11 is 0. The molecule has 2 unspecified atom stereocenters. The van der Waals surface area contributed by atoms with Gasteiger partial charge in [0.05, 0.1) is 0 Å². The fourth-order valence-corrected chi connectivity index (χ4v) is 2.91. The van der Waals surface area contributed by atoms with Crippen molar-refractivity contribution in [3.05, 3.63) is 35.4 Å². The molecule has 2 atom stereocenters. The van der Waals surface area contributed by atoms with Gasteiger partial charge in [-0.25, -0.2) is 0 Å². The second-order valence-corrected chi connectivity index (χ2v) is 5.68. The number of likely N-dealkylation sites (tertiary alicyclic amines) is 1. The zero-order valence-corrected chi connectivity index (χ0v) is 12.3. The minimum atomic E-state index is -0.748. The highest BCUT2D eigenvalue weighted by atomic mass is 16.4. The SMILES string of the molecule is CCC1CCN(Cc2ccc(C(N)=O)cc2)C(C(=O)O)C1. The van der Waals surface area contributed by atoms with Crippen LogP contribution in [0.2, 0.25) is 0 Å². The van der Waals surface area contributed by atoms with Crippen molar-refractivity contribution in [1.82, 2.24) is 4.90 Å². The Morgan fingerprint density at radius 1 is 1.33 bits per heavy atom. The van der Waals surface area contributed by atoms with Gasteiger partial charge in [0.25, 0.3) is 0 Å². The summed E-state index contributed by atoms with van der Waals surface area (Å²) < 4.78 is 0. The van der Waals surface area contributed by atoms with Gasteiger partial charge in [-0.1, -0.05) is 25.5 Å². The van der Waals surface area contributed by atoms with Crippen molar-refractivity contribution in [3.8, 4) is 0 Å². The molecule has 5 heteroatoms. The van der Waals surface area contributed by atoms with Gasteiger partial charge in [0, 0.05) is 12.1 Å². The zero-order valence-electron chi connectivity index (χ0n) is 12.3. The molecule has 1 aliphatic heterocycles. The molecule has 5 nitrogen and oxygen atoms in total. The van der Waals surface area contributed by atoms with E-state index in [2.05, 4.69) is 6.92 Å². The molecule has 2 rings (SSSR count). The molecule has 0 aliphatic carbocycles. The lowest BCUT2D eigenvalue weighted by Gasteiger charge is -2.37. The molecule has 1 aromatic carbocycles. The van der Waals surface area contributed by atoms with Crippen molar-refractivity contribution in [1.29, 1.82) is 0 Å². The maximum atomic E-state index is 11.5. The van der Waals surface area contributed by atoms with E-state index in [9.17, 15) is 14.7 Å². The highest BCUT2D eigenvalue weighted by Gasteiger charge is 2.32. The maximum Gasteiger partial charge on any atom is 0.320 e. The molecule has 1 fully saturated rings. The van der Waals surface area contributed by atoms with Crippen LogP contribution in [0.25, 0.3) is 0 Å². The predicted octanol–water partition coefficient (Wildman–Crippen LogP) is 1.86. The number of carboxylic acid groups (broad SMARTS) is 1. The molecule has 0 bridgehead atoms. The number of benzene rings is 1. The average molecular weight is 290 g/mol. The minimum Gasteiger partial charge on any atom is -0.480 e. The Morgan fingerprint density at radius 2 is 2.00 bits per heavy atom. The van der Waals surface area contributed by atoms with Crippen LogP contribution in [0.1, 0.15) is 42.1 Å². The van der Waals surface area contributed by atoms with Crippen molar-refractivity contribution >= 4 is 11.9 Å². The third-order valence-corrected chi connectivity index (χ3v) is 4.31. The van der Waals surface area contributed by atoms with Crippen molar-refractivity contribution in [2.45, 2.75) is 38.8 Å². The van der Waals surface area contributed by atoms with E-state index in [1.54, 1.807) is 12.1 Å². The molecule has 3 N–H and O–H groups in total. The number of hydrogen-bond donors (Lipinski definition) is 2. The first-order valence-electron chi connectivity index (χ1n) is 7.36. The first-order valence-corrected chi connectivity index (χ1v) is 7.36. The Morgan fingerprint density at radius 3 is 2.52 bits per heavy atom. The van der Waals surface area contributed by atoms with Crippen LogP contribution in [0.15, 0.2) is 24.3 Å². The quantitative estimate of drug-likeness (QED) is 0.867. The summed E-state index contributed by atoms with van der Waals surface area (Å²) in [5.41, 5.74) is 6.69. The number of piperidine rings is 1. The van der Waals surface area contributed by atoms with Crippen molar-refractivity contribution in [2.24, 2.45) is 11.7 Å². The number of nitrogens with two attached hydrogens (primary N) is 1. The number of carbonyl (C=O) groups is 2. The third kappa shape index (κ3) is 3.82. The van der Waals surface area contributed by atoms with Crippen LogP contribution >= 0.6 is 0 Å². The van der Waals surface area contributed by atoms with Crippen molar-refractivity contribution in [2.75, 3.05) is 6.54 Å². The molecule has 1 saturated heterocycles. The summed E-state index contributed by atoms with van der Waals surface area (Å²) in [4.78, 5) is 24.5. The van der Waals surface area contributed by atoms with E-state index in [-0.39, 0.29) is 0 Å². The van der Waals surface area contributed by atoms with Crippen LogP contribution in [0, 0.1) is 5.92 Å². The number of rotatable bonds is 5. The van der Waals surface area contributed by atoms with Crippen molar-refractivity contribution in [3.63, 3.8) is 0 Å². The number of aliphatic carboxylic acids is 1. The van der Waals surface area contributed by atoms with Crippen molar-refractivity contribution < 1.29 is 14.7 Å². The second-order valence-electron chi connectivity index (χ2n) is 5.68. The lowest BCUT2D eigenvalue weighted by atomic mass is 9.88. The molecule has 1 aliphatic rings. The molecule has 1 aromatic rings. The van der Waals surface area contributed by atoms with Crippen LogP contribution in [0.4, 0.5) is 0 Å². The van der Waals surface area contributed by atoms with Gasteiger partial charge in [-0.15, -0.1) is 0 Å². The maximum absolute atomic E-state index is 11.5. The first-order chi connectivity index (χ1) is 10.0. The summed E-state index contributed by atoms with van der Waals surface area (Å²) in [7, 11) is 0. The van der Waals surface area contributed by atoms with Crippen LogP contribution in [0.3, 0.4) is 0 Å². The van der Waals surface area contributed by atoms with E-state index >= 15 is 0 Å². The van der Waals surface area contributed by atoms with Gasteiger partial charge in [0.15, 0.2) is 0 Å². The van der Waals surface area contributed by atoms with E-state index in [1.807, 2.05) is 17.0 Å². The Labute approximate surface area is 124 Å². The Hall–Kier alpha value is -1.88. The molecule has 0 radical (unpaired) electrons. The summed E-state index contributed by atoms with van der Waals surface area (Å²) in [5.74, 6) is -0.699.